The number of nitriles is 1. The van der Waals surface area contributed by atoms with E-state index in [1.54, 1.807) is 6.07 Å². The summed E-state index contributed by atoms with van der Waals surface area (Å²) in [6.07, 6.45) is -3.52. The van der Waals surface area contributed by atoms with Gasteiger partial charge in [-0.2, -0.15) is 18.4 Å². The van der Waals surface area contributed by atoms with Crippen LogP contribution in [0.3, 0.4) is 0 Å². The van der Waals surface area contributed by atoms with Gasteiger partial charge in [-0.1, -0.05) is 12.1 Å². The molecule has 0 bridgehead atoms. The van der Waals surface area contributed by atoms with Gasteiger partial charge in [-0.3, -0.25) is 4.90 Å². The molecule has 0 aromatic heterocycles. The van der Waals surface area contributed by atoms with E-state index >= 15 is 0 Å². The zero-order valence-corrected chi connectivity index (χ0v) is 20.9. The Morgan fingerprint density at radius 2 is 1.70 bits per heavy atom. The molecule has 1 aliphatic rings. The third-order valence-corrected chi connectivity index (χ3v) is 7.70. The van der Waals surface area contributed by atoms with Crippen molar-refractivity contribution in [2.45, 2.75) is 24.0 Å². The minimum Gasteiger partial charge on any atom is -0.478 e. The van der Waals surface area contributed by atoms with Crippen LogP contribution in [-0.4, -0.2) is 50.8 Å². The smallest absolute Gasteiger partial charge is 0.416 e. The number of aliphatic carboxylic acids is 1. The standard InChI is InChI=1S/C22H18F3N3O7S2/c1-12-18(20(29)30)19(16-8-7-13(11-26)9-17(16)36(2,32)33)28(37(3,34)35)21(31)27(12)15-6-4-5-14(10-15)22(23,24)25/h4-10,19H,1-3H3,(H,29,30)/t19-/m1/s1. The van der Waals surface area contributed by atoms with Crippen LogP contribution in [0.5, 0.6) is 0 Å². The van der Waals surface area contributed by atoms with Crippen LogP contribution in [0.25, 0.3) is 0 Å². The maximum absolute atomic E-state index is 13.5. The Hall–Kier alpha value is -3.90. The monoisotopic (exact) mass is 557 g/mol. The van der Waals surface area contributed by atoms with Gasteiger partial charge in [-0.25, -0.2) is 30.7 Å². The Morgan fingerprint density at radius 3 is 2.19 bits per heavy atom. The molecule has 0 aliphatic carbocycles. The number of rotatable bonds is 5. The summed E-state index contributed by atoms with van der Waals surface area (Å²) in [5.41, 5.74) is -3.43. The Kier molecular flexibility index (Phi) is 6.88. The predicted molar refractivity (Wildman–Crippen MR) is 123 cm³/mol. The molecule has 1 N–H and O–H groups in total. The number of urea groups is 1. The molecule has 0 radical (unpaired) electrons. The van der Waals surface area contributed by atoms with Crippen LogP contribution in [0.2, 0.25) is 0 Å². The van der Waals surface area contributed by atoms with Gasteiger partial charge in [0.15, 0.2) is 9.84 Å². The van der Waals surface area contributed by atoms with Crippen molar-refractivity contribution in [3.8, 4) is 6.07 Å². The molecule has 2 aromatic carbocycles. The van der Waals surface area contributed by atoms with Gasteiger partial charge in [0.2, 0.25) is 10.0 Å². The Morgan fingerprint density at radius 1 is 1.08 bits per heavy atom. The molecule has 10 nitrogen and oxygen atoms in total. The molecule has 0 saturated heterocycles. The lowest BCUT2D eigenvalue weighted by molar-refractivity contribution is -0.137. The topological polar surface area (TPSA) is 153 Å². The summed E-state index contributed by atoms with van der Waals surface area (Å²) < 4.78 is 90.7. The molecule has 0 spiro atoms. The van der Waals surface area contributed by atoms with Gasteiger partial charge in [0.1, 0.15) is 6.04 Å². The van der Waals surface area contributed by atoms with Crippen molar-refractivity contribution < 1.29 is 44.7 Å². The number of hydrogen-bond donors (Lipinski definition) is 1. The van der Waals surface area contributed by atoms with Gasteiger partial charge in [0.25, 0.3) is 0 Å². The fourth-order valence-corrected chi connectivity index (χ4v) is 5.87. The van der Waals surface area contributed by atoms with E-state index in [-0.39, 0.29) is 9.87 Å². The number of carboxylic acids is 1. The molecule has 196 valence electrons. The maximum Gasteiger partial charge on any atom is 0.416 e. The number of carboxylic acid groups (broad SMARTS) is 1. The number of carbonyl (C=O) groups excluding carboxylic acids is 1. The molecule has 1 heterocycles. The van der Waals surface area contributed by atoms with Gasteiger partial charge in [0, 0.05) is 12.0 Å². The van der Waals surface area contributed by atoms with Crippen LogP contribution >= 0.6 is 0 Å². The highest BCUT2D eigenvalue weighted by atomic mass is 32.2. The first-order valence-corrected chi connectivity index (χ1v) is 13.8. The van der Waals surface area contributed by atoms with E-state index in [1.165, 1.54) is 0 Å². The SMILES string of the molecule is CC1=C(C(=O)O)[C@@H](c2ccc(C#N)cc2S(C)(=O)=O)N(S(C)(=O)=O)C(=O)N1c1cccc(C(F)(F)F)c1. The third-order valence-electron chi connectivity index (χ3n) is 5.47. The second kappa shape index (κ2) is 9.20. The second-order valence-electron chi connectivity index (χ2n) is 8.07. The third kappa shape index (κ3) is 5.16. The van der Waals surface area contributed by atoms with E-state index in [4.69, 9.17) is 0 Å². The zero-order chi connectivity index (χ0) is 28.1. The van der Waals surface area contributed by atoms with Crippen LogP contribution in [0, 0.1) is 11.3 Å². The molecule has 0 fully saturated rings. The molecule has 15 heteroatoms. The van der Waals surface area contributed by atoms with Crippen molar-refractivity contribution in [1.82, 2.24) is 4.31 Å². The molecule has 2 aromatic rings. The summed E-state index contributed by atoms with van der Waals surface area (Å²) in [4.78, 5) is 25.9. The van der Waals surface area contributed by atoms with E-state index in [2.05, 4.69) is 0 Å². The first kappa shape index (κ1) is 27.7. The highest BCUT2D eigenvalue weighted by molar-refractivity contribution is 7.90. The molecule has 1 atom stereocenters. The molecule has 3 rings (SSSR count). The van der Waals surface area contributed by atoms with Crippen molar-refractivity contribution in [2.75, 3.05) is 17.4 Å². The maximum atomic E-state index is 13.5. The number of amides is 2. The number of halogens is 3. The highest BCUT2D eigenvalue weighted by Crippen LogP contribution is 2.43. The molecule has 37 heavy (non-hydrogen) atoms. The van der Waals surface area contributed by atoms with Gasteiger partial charge in [0.05, 0.1) is 39.6 Å². The summed E-state index contributed by atoms with van der Waals surface area (Å²) in [6, 6.07) is 4.58. The van der Waals surface area contributed by atoms with E-state index in [0.717, 1.165) is 43.5 Å². The van der Waals surface area contributed by atoms with Gasteiger partial charge in [-0.15, -0.1) is 0 Å². The number of carbonyl (C=O) groups is 2. The van der Waals surface area contributed by atoms with E-state index in [1.807, 2.05) is 0 Å². The number of sulfone groups is 1. The minimum atomic E-state index is -4.83. The van der Waals surface area contributed by atoms with Crippen molar-refractivity contribution >= 4 is 37.5 Å². The second-order valence-corrected chi connectivity index (χ2v) is 11.9. The number of anilines is 1. The van der Waals surface area contributed by atoms with Gasteiger partial charge >= 0.3 is 18.2 Å². The number of alkyl halides is 3. The molecule has 1 aliphatic heterocycles. The Balaban J connectivity index is 2.45. The van der Waals surface area contributed by atoms with E-state index < -0.39 is 77.1 Å². The first-order valence-electron chi connectivity index (χ1n) is 10.1. The molecule has 0 saturated carbocycles. The molecular formula is C22H18F3N3O7S2. The van der Waals surface area contributed by atoms with Crippen LogP contribution in [0.1, 0.15) is 29.7 Å². The molecule has 0 unspecified atom stereocenters. The average Bonchev–Trinajstić information content (AvgIpc) is 2.76. The summed E-state index contributed by atoms with van der Waals surface area (Å²) in [6.45, 7) is 1.08. The van der Waals surface area contributed by atoms with E-state index in [9.17, 15) is 50.0 Å². The number of benzene rings is 2. The van der Waals surface area contributed by atoms with Gasteiger partial charge in [-0.05, 0) is 42.8 Å². The normalized spacial score (nSPS) is 17.1. The van der Waals surface area contributed by atoms with Crippen molar-refractivity contribution in [3.63, 3.8) is 0 Å². The Bertz CT molecular complexity index is 1610. The number of hydrogen-bond acceptors (Lipinski definition) is 7. The van der Waals surface area contributed by atoms with Crippen molar-refractivity contribution in [1.29, 1.82) is 5.26 Å². The summed E-state index contributed by atoms with van der Waals surface area (Å²) in [7, 11) is -8.85. The fraction of sp³-hybridized carbons (Fsp3) is 0.227. The highest BCUT2D eigenvalue weighted by Gasteiger charge is 2.48. The number of nitrogens with zero attached hydrogens (tertiary/aromatic N) is 3. The van der Waals surface area contributed by atoms with Crippen LogP contribution in [0.15, 0.2) is 58.6 Å². The lowest BCUT2D eigenvalue weighted by Gasteiger charge is -2.41. The molecular weight excluding hydrogens is 539 g/mol. The van der Waals surface area contributed by atoms with Gasteiger partial charge < -0.3 is 5.11 Å². The number of sulfonamides is 1. The quantitative estimate of drug-likeness (QED) is 0.588. The van der Waals surface area contributed by atoms with Crippen LogP contribution < -0.4 is 4.90 Å². The minimum absolute atomic E-state index is 0.0970. The van der Waals surface area contributed by atoms with Crippen LogP contribution in [-0.2, 0) is 30.8 Å². The lowest BCUT2D eigenvalue weighted by atomic mass is 9.93. The predicted octanol–water partition coefficient (Wildman–Crippen LogP) is 3.28. The number of allylic oxidation sites excluding steroid dienone is 1. The lowest BCUT2D eigenvalue weighted by Crippen LogP contribution is -2.53. The average molecular weight is 558 g/mol. The van der Waals surface area contributed by atoms with E-state index in [0.29, 0.717) is 23.3 Å². The Labute approximate surface area is 209 Å². The van der Waals surface area contributed by atoms with Crippen molar-refractivity contribution in [3.05, 3.63) is 70.4 Å². The van der Waals surface area contributed by atoms with Crippen LogP contribution in [0.4, 0.5) is 23.7 Å². The molecule has 2 amide bonds. The summed E-state index contributed by atoms with van der Waals surface area (Å²) in [5.74, 6) is -1.76. The fourth-order valence-electron chi connectivity index (χ4n) is 3.95. The summed E-state index contributed by atoms with van der Waals surface area (Å²) in [5, 5.41) is 19.2. The largest absolute Gasteiger partial charge is 0.478 e. The van der Waals surface area contributed by atoms with Crippen molar-refractivity contribution in [2.24, 2.45) is 0 Å². The summed E-state index contributed by atoms with van der Waals surface area (Å²) >= 11 is 0. The zero-order valence-electron chi connectivity index (χ0n) is 19.3. The first-order chi connectivity index (χ1) is 16.9.